The van der Waals surface area contributed by atoms with Crippen LogP contribution >= 0.6 is 11.6 Å². The Kier molecular flexibility index (Phi) is 7.16. The van der Waals surface area contributed by atoms with Gasteiger partial charge in [-0.25, -0.2) is 19.5 Å². The molecule has 1 aliphatic heterocycles. The highest BCUT2D eigenvalue weighted by Crippen LogP contribution is 2.50. The molecule has 39 heavy (non-hydrogen) atoms. The van der Waals surface area contributed by atoms with Crippen molar-refractivity contribution in [2.24, 2.45) is 0 Å². The zero-order chi connectivity index (χ0) is 27.4. The Labute approximate surface area is 228 Å². The third-order valence-electron chi connectivity index (χ3n) is 5.83. The monoisotopic (exact) mass is 544 g/mol. The van der Waals surface area contributed by atoms with Gasteiger partial charge >= 0.3 is 12.2 Å². The van der Waals surface area contributed by atoms with Gasteiger partial charge in [0.1, 0.15) is 11.5 Å². The van der Waals surface area contributed by atoms with Crippen LogP contribution in [-0.4, -0.2) is 29.7 Å². The smallest absolute Gasteiger partial charge is 0.478 e. The number of ether oxygens (including phenoxy) is 4. The van der Waals surface area contributed by atoms with Crippen LogP contribution in [0.1, 0.15) is 18.1 Å². The van der Waals surface area contributed by atoms with E-state index >= 15 is 0 Å². The number of halogens is 1. The van der Waals surface area contributed by atoms with Crippen molar-refractivity contribution in [1.82, 2.24) is 4.98 Å². The van der Waals surface area contributed by atoms with Crippen molar-refractivity contribution < 1.29 is 33.3 Å². The van der Waals surface area contributed by atoms with Crippen molar-refractivity contribution in [2.75, 3.05) is 11.5 Å². The molecule has 9 nitrogen and oxygen atoms in total. The molecule has 1 unspecified atom stereocenters. The number of nitrogens with zero attached hydrogens (tertiary/aromatic N) is 2. The van der Waals surface area contributed by atoms with Crippen LogP contribution in [0.15, 0.2) is 97.2 Å². The first-order valence-corrected chi connectivity index (χ1v) is 12.3. The second-order valence-corrected chi connectivity index (χ2v) is 8.66. The SMILES string of the molecule is CCOc1ncccc1C1(OC(=O)Oc2ccccc2)C(=O)N(C(=O)Oc2ccccc2)c2ccc(Cl)cc21. The van der Waals surface area contributed by atoms with E-state index in [1.54, 1.807) is 73.7 Å². The fourth-order valence-corrected chi connectivity index (χ4v) is 4.41. The topological polar surface area (TPSA) is 104 Å². The fraction of sp³-hybridized carbons (Fsp3) is 0.103. The quantitative estimate of drug-likeness (QED) is 0.211. The lowest BCUT2D eigenvalue weighted by Crippen LogP contribution is -2.48. The van der Waals surface area contributed by atoms with Crippen LogP contribution in [-0.2, 0) is 15.1 Å². The molecular formula is C29H21ClN2O7. The second-order valence-electron chi connectivity index (χ2n) is 8.22. The number of pyridine rings is 1. The molecule has 1 aromatic heterocycles. The standard InChI is InChI=1S/C29H21ClN2O7/c1-2-36-25-22(14-9-17-31-25)29(39-28(35)38-21-12-7-4-8-13-21)23-18-19(30)15-16-24(23)32(26(29)33)27(34)37-20-10-5-3-6-11-20/h3-18H,2H2,1H3. The highest BCUT2D eigenvalue weighted by atomic mass is 35.5. The average molecular weight is 545 g/mol. The van der Waals surface area contributed by atoms with E-state index < -0.39 is 23.8 Å². The van der Waals surface area contributed by atoms with Crippen molar-refractivity contribution in [3.05, 3.63) is 113 Å². The van der Waals surface area contributed by atoms with E-state index in [0.29, 0.717) is 0 Å². The Hall–Kier alpha value is -4.89. The predicted molar refractivity (Wildman–Crippen MR) is 141 cm³/mol. The largest absolute Gasteiger partial charge is 0.515 e. The number of imide groups is 1. The van der Waals surface area contributed by atoms with Gasteiger partial charge in [-0.3, -0.25) is 4.79 Å². The van der Waals surface area contributed by atoms with Crippen LogP contribution in [0.3, 0.4) is 0 Å². The molecule has 10 heteroatoms. The summed E-state index contributed by atoms with van der Waals surface area (Å²) >= 11 is 6.35. The summed E-state index contributed by atoms with van der Waals surface area (Å²) in [7, 11) is 0. The number of hydrogen-bond donors (Lipinski definition) is 0. The van der Waals surface area contributed by atoms with Gasteiger partial charge in [0.2, 0.25) is 5.88 Å². The molecule has 0 aliphatic carbocycles. The summed E-state index contributed by atoms with van der Waals surface area (Å²) in [6, 6.07) is 23.9. The molecule has 0 saturated heterocycles. The van der Waals surface area contributed by atoms with Crippen LogP contribution in [0.2, 0.25) is 5.02 Å². The third-order valence-corrected chi connectivity index (χ3v) is 6.06. The number of amides is 2. The molecule has 0 fully saturated rings. The Bertz CT molecular complexity index is 1530. The van der Waals surface area contributed by atoms with E-state index in [1.165, 1.54) is 30.5 Å². The normalized spacial score (nSPS) is 15.8. The van der Waals surface area contributed by atoms with Gasteiger partial charge in [0, 0.05) is 16.8 Å². The highest BCUT2D eigenvalue weighted by molar-refractivity contribution is 6.31. The minimum Gasteiger partial charge on any atom is -0.478 e. The molecule has 4 aromatic rings. The third kappa shape index (κ3) is 4.87. The Morgan fingerprint density at radius 2 is 1.54 bits per heavy atom. The summed E-state index contributed by atoms with van der Waals surface area (Å²) in [5, 5.41) is 0.228. The minimum atomic E-state index is -2.25. The summed E-state index contributed by atoms with van der Waals surface area (Å²) in [4.78, 5) is 46.0. The Morgan fingerprint density at radius 3 is 2.21 bits per heavy atom. The van der Waals surface area contributed by atoms with Gasteiger partial charge in [-0.1, -0.05) is 48.0 Å². The molecule has 2 heterocycles. The summed E-state index contributed by atoms with van der Waals surface area (Å²) in [5.41, 5.74) is -1.98. The van der Waals surface area contributed by atoms with E-state index in [0.717, 1.165) is 4.90 Å². The van der Waals surface area contributed by atoms with Crippen LogP contribution in [0.5, 0.6) is 17.4 Å². The molecule has 5 rings (SSSR count). The van der Waals surface area contributed by atoms with E-state index in [9.17, 15) is 14.4 Å². The van der Waals surface area contributed by atoms with Crippen molar-refractivity contribution in [3.63, 3.8) is 0 Å². The molecular weight excluding hydrogens is 524 g/mol. The highest BCUT2D eigenvalue weighted by Gasteiger charge is 2.60. The maximum atomic E-state index is 14.3. The maximum Gasteiger partial charge on any atom is 0.515 e. The number of anilines is 1. The van der Waals surface area contributed by atoms with E-state index in [1.807, 2.05) is 0 Å². The average Bonchev–Trinajstić information content (AvgIpc) is 3.17. The van der Waals surface area contributed by atoms with Gasteiger partial charge in [0.05, 0.1) is 17.9 Å². The first-order chi connectivity index (χ1) is 18.9. The molecule has 0 saturated carbocycles. The maximum absolute atomic E-state index is 14.3. The molecule has 2 amide bonds. The van der Waals surface area contributed by atoms with Gasteiger partial charge in [0.15, 0.2) is 0 Å². The molecule has 1 atom stereocenters. The van der Waals surface area contributed by atoms with Crippen molar-refractivity contribution >= 4 is 35.4 Å². The number of benzene rings is 3. The summed E-state index contributed by atoms with van der Waals surface area (Å²) < 4.78 is 22.4. The number of carbonyl (C=O) groups excluding carboxylic acids is 3. The first kappa shape index (κ1) is 25.7. The zero-order valence-corrected chi connectivity index (χ0v) is 21.3. The Balaban J connectivity index is 1.66. The van der Waals surface area contributed by atoms with Crippen LogP contribution in [0, 0.1) is 0 Å². The lowest BCUT2D eigenvalue weighted by atomic mass is 9.87. The molecule has 0 spiro atoms. The predicted octanol–water partition coefficient (Wildman–Crippen LogP) is 6.14. The Morgan fingerprint density at radius 1 is 0.872 bits per heavy atom. The number of carbonyl (C=O) groups is 3. The van der Waals surface area contributed by atoms with Crippen LogP contribution in [0.25, 0.3) is 0 Å². The number of aromatic nitrogens is 1. The van der Waals surface area contributed by atoms with Gasteiger partial charge in [-0.05, 0) is 61.5 Å². The molecule has 0 bridgehead atoms. The van der Waals surface area contributed by atoms with Crippen LogP contribution < -0.4 is 19.1 Å². The van der Waals surface area contributed by atoms with Gasteiger partial charge in [-0.15, -0.1) is 0 Å². The van der Waals surface area contributed by atoms with Crippen LogP contribution in [0.4, 0.5) is 15.3 Å². The van der Waals surface area contributed by atoms with Gasteiger partial charge in [0.25, 0.3) is 11.5 Å². The molecule has 1 aliphatic rings. The van der Waals surface area contributed by atoms with E-state index in [4.69, 9.17) is 30.5 Å². The first-order valence-electron chi connectivity index (χ1n) is 11.9. The molecule has 3 aromatic carbocycles. The molecule has 0 N–H and O–H groups in total. The number of hydrogen-bond acceptors (Lipinski definition) is 8. The molecule has 196 valence electrons. The lowest BCUT2D eigenvalue weighted by molar-refractivity contribution is -0.133. The van der Waals surface area contributed by atoms with Crippen molar-refractivity contribution in [1.29, 1.82) is 0 Å². The zero-order valence-electron chi connectivity index (χ0n) is 20.6. The summed E-state index contributed by atoms with van der Waals surface area (Å²) in [6.45, 7) is 1.94. The summed E-state index contributed by atoms with van der Waals surface area (Å²) in [6.07, 6.45) is -0.756. The fourth-order valence-electron chi connectivity index (χ4n) is 4.24. The minimum absolute atomic E-state index is 0.0186. The number of para-hydroxylation sites is 2. The summed E-state index contributed by atoms with van der Waals surface area (Å²) in [5.74, 6) is -0.528. The number of rotatable bonds is 6. The molecule has 0 radical (unpaired) electrons. The van der Waals surface area contributed by atoms with Crippen molar-refractivity contribution in [3.8, 4) is 17.4 Å². The van der Waals surface area contributed by atoms with Crippen molar-refractivity contribution in [2.45, 2.75) is 12.5 Å². The second kappa shape index (κ2) is 10.8. The van der Waals surface area contributed by atoms with E-state index in [2.05, 4.69) is 4.98 Å². The van der Waals surface area contributed by atoms with Gasteiger partial charge in [-0.2, -0.15) is 0 Å². The van der Waals surface area contributed by atoms with E-state index in [-0.39, 0.29) is 45.8 Å². The number of fused-ring (bicyclic) bond motifs is 1. The van der Waals surface area contributed by atoms with Gasteiger partial charge < -0.3 is 18.9 Å². The lowest BCUT2D eigenvalue weighted by Gasteiger charge is -2.29.